The Morgan fingerprint density at radius 1 is 1.08 bits per heavy atom. The van der Waals surface area contributed by atoms with Crippen LogP contribution in [0.1, 0.15) is 22.8 Å². The molecule has 24 heavy (non-hydrogen) atoms. The van der Waals surface area contributed by atoms with E-state index in [1.807, 2.05) is 4.90 Å². The predicted molar refractivity (Wildman–Crippen MR) is 96.2 cm³/mol. The van der Waals surface area contributed by atoms with Gasteiger partial charge in [-0.15, -0.1) is 0 Å². The number of thiophene rings is 1. The van der Waals surface area contributed by atoms with Gasteiger partial charge < -0.3 is 10.2 Å². The molecule has 1 aliphatic rings. The number of carbonyl (C=O) groups is 2. The van der Waals surface area contributed by atoms with Gasteiger partial charge in [-0.25, -0.2) is 0 Å². The van der Waals surface area contributed by atoms with Gasteiger partial charge in [0.25, 0.3) is 5.91 Å². The fraction of sp³-hybridized carbons (Fsp3) is 0.333. The van der Waals surface area contributed by atoms with Crippen molar-refractivity contribution in [1.29, 1.82) is 0 Å². The zero-order valence-electron chi connectivity index (χ0n) is 13.7. The Kier molecular flexibility index (Phi) is 5.27. The minimum atomic E-state index is -0.115. The molecule has 5 nitrogen and oxygen atoms in total. The van der Waals surface area contributed by atoms with E-state index in [4.69, 9.17) is 0 Å². The third-order valence-corrected chi connectivity index (χ3v) is 4.83. The number of rotatable bonds is 4. The SMILES string of the molecule is CC(=O)Nc1ccc(C(=O)N2CCN(Cc3ccsc3)CC2)cc1. The van der Waals surface area contributed by atoms with Crippen LogP contribution in [0, 0.1) is 0 Å². The number of anilines is 1. The lowest BCUT2D eigenvalue weighted by molar-refractivity contribution is -0.114. The van der Waals surface area contributed by atoms with Crippen molar-refractivity contribution in [3.63, 3.8) is 0 Å². The molecule has 1 fully saturated rings. The first-order chi connectivity index (χ1) is 11.6. The van der Waals surface area contributed by atoms with E-state index >= 15 is 0 Å². The van der Waals surface area contributed by atoms with Crippen molar-refractivity contribution in [2.45, 2.75) is 13.5 Å². The molecule has 0 saturated carbocycles. The summed E-state index contributed by atoms with van der Waals surface area (Å²) in [6, 6.07) is 9.22. The highest BCUT2D eigenvalue weighted by Gasteiger charge is 2.22. The standard InChI is InChI=1S/C18H21N3O2S/c1-14(22)19-17-4-2-16(3-5-17)18(23)21-9-7-20(8-10-21)12-15-6-11-24-13-15/h2-6,11,13H,7-10,12H2,1H3,(H,19,22). The van der Waals surface area contributed by atoms with Crippen LogP contribution in [0.5, 0.6) is 0 Å². The summed E-state index contributed by atoms with van der Waals surface area (Å²) in [4.78, 5) is 27.9. The van der Waals surface area contributed by atoms with Crippen LogP contribution in [0.15, 0.2) is 41.1 Å². The number of nitrogens with one attached hydrogen (secondary N) is 1. The van der Waals surface area contributed by atoms with Gasteiger partial charge in [0.15, 0.2) is 0 Å². The van der Waals surface area contributed by atoms with Crippen LogP contribution >= 0.6 is 11.3 Å². The summed E-state index contributed by atoms with van der Waals surface area (Å²) < 4.78 is 0. The van der Waals surface area contributed by atoms with E-state index in [0.29, 0.717) is 11.3 Å². The van der Waals surface area contributed by atoms with Crippen LogP contribution in [0.2, 0.25) is 0 Å². The highest BCUT2D eigenvalue weighted by molar-refractivity contribution is 7.07. The average molecular weight is 343 g/mol. The molecular formula is C18H21N3O2S. The number of piperazine rings is 1. The maximum Gasteiger partial charge on any atom is 0.253 e. The number of carbonyl (C=O) groups excluding carboxylic acids is 2. The van der Waals surface area contributed by atoms with Crippen molar-refractivity contribution >= 4 is 28.8 Å². The molecule has 1 aromatic carbocycles. The molecule has 1 saturated heterocycles. The smallest absolute Gasteiger partial charge is 0.253 e. The molecular weight excluding hydrogens is 322 g/mol. The molecule has 2 amide bonds. The summed E-state index contributed by atoms with van der Waals surface area (Å²) in [6.45, 7) is 5.70. The Labute approximate surface area is 145 Å². The van der Waals surface area contributed by atoms with E-state index in [0.717, 1.165) is 32.7 Å². The second-order valence-electron chi connectivity index (χ2n) is 5.96. The molecule has 0 radical (unpaired) electrons. The summed E-state index contributed by atoms with van der Waals surface area (Å²) in [6.07, 6.45) is 0. The first-order valence-electron chi connectivity index (χ1n) is 8.02. The van der Waals surface area contributed by atoms with E-state index in [-0.39, 0.29) is 11.8 Å². The lowest BCUT2D eigenvalue weighted by Crippen LogP contribution is -2.48. The molecule has 3 rings (SSSR count). The van der Waals surface area contributed by atoms with Crippen molar-refractivity contribution in [2.75, 3.05) is 31.5 Å². The summed E-state index contributed by atoms with van der Waals surface area (Å²) in [5, 5.41) is 6.98. The van der Waals surface area contributed by atoms with Gasteiger partial charge in [0, 0.05) is 50.9 Å². The number of benzene rings is 1. The molecule has 1 aliphatic heterocycles. The minimum absolute atomic E-state index is 0.0551. The number of amides is 2. The fourth-order valence-corrected chi connectivity index (χ4v) is 3.49. The number of nitrogens with zero attached hydrogens (tertiary/aromatic N) is 2. The average Bonchev–Trinajstić information content (AvgIpc) is 3.08. The number of hydrogen-bond donors (Lipinski definition) is 1. The van der Waals surface area contributed by atoms with Gasteiger partial charge in [0.1, 0.15) is 0 Å². The van der Waals surface area contributed by atoms with E-state index < -0.39 is 0 Å². The second-order valence-corrected chi connectivity index (χ2v) is 6.74. The van der Waals surface area contributed by atoms with E-state index in [1.165, 1.54) is 12.5 Å². The van der Waals surface area contributed by atoms with Crippen LogP contribution in [0.4, 0.5) is 5.69 Å². The molecule has 0 aliphatic carbocycles. The summed E-state index contributed by atoms with van der Waals surface area (Å²) >= 11 is 1.72. The first-order valence-corrected chi connectivity index (χ1v) is 8.96. The van der Waals surface area contributed by atoms with E-state index in [1.54, 1.807) is 35.6 Å². The topological polar surface area (TPSA) is 52.7 Å². The molecule has 1 aromatic heterocycles. The minimum Gasteiger partial charge on any atom is -0.336 e. The molecule has 0 bridgehead atoms. The van der Waals surface area contributed by atoms with Crippen LogP contribution in [-0.4, -0.2) is 47.8 Å². The Hall–Kier alpha value is -2.18. The first kappa shape index (κ1) is 16.7. The lowest BCUT2D eigenvalue weighted by atomic mass is 10.1. The maximum absolute atomic E-state index is 12.6. The van der Waals surface area contributed by atoms with Crippen molar-refractivity contribution in [3.8, 4) is 0 Å². The van der Waals surface area contributed by atoms with Gasteiger partial charge in [-0.1, -0.05) is 0 Å². The second kappa shape index (κ2) is 7.59. The van der Waals surface area contributed by atoms with Crippen molar-refractivity contribution in [2.24, 2.45) is 0 Å². The van der Waals surface area contributed by atoms with Crippen LogP contribution in [0.3, 0.4) is 0 Å². The Bertz CT molecular complexity index is 690. The van der Waals surface area contributed by atoms with E-state index in [9.17, 15) is 9.59 Å². The summed E-state index contributed by atoms with van der Waals surface area (Å²) in [7, 11) is 0. The van der Waals surface area contributed by atoms with Crippen molar-refractivity contribution < 1.29 is 9.59 Å². The molecule has 126 valence electrons. The van der Waals surface area contributed by atoms with Crippen LogP contribution < -0.4 is 5.32 Å². The quantitative estimate of drug-likeness (QED) is 0.929. The zero-order valence-corrected chi connectivity index (χ0v) is 14.5. The maximum atomic E-state index is 12.6. The van der Waals surface area contributed by atoms with Crippen molar-refractivity contribution in [1.82, 2.24) is 9.80 Å². The van der Waals surface area contributed by atoms with Gasteiger partial charge in [0.05, 0.1) is 0 Å². The monoisotopic (exact) mass is 343 g/mol. The molecule has 0 spiro atoms. The Morgan fingerprint density at radius 3 is 2.38 bits per heavy atom. The molecule has 2 heterocycles. The van der Waals surface area contributed by atoms with Crippen LogP contribution in [-0.2, 0) is 11.3 Å². The van der Waals surface area contributed by atoms with Gasteiger partial charge in [-0.3, -0.25) is 14.5 Å². The summed E-state index contributed by atoms with van der Waals surface area (Å²) in [5.74, 6) is -0.0598. The normalized spacial score (nSPS) is 15.3. The lowest BCUT2D eigenvalue weighted by Gasteiger charge is -2.34. The van der Waals surface area contributed by atoms with Gasteiger partial charge in [0.2, 0.25) is 5.91 Å². The van der Waals surface area contributed by atoms with E-state index in [2.05, 4.69) is 27.0 Å². The third-order valence-electron chi connectivity index (χ3n) is 4.10. The zero-order chi connectivity index (χ0) is 16.9. The fourth-order valence-electron chi connectivity index (χ4n) is 2.83. The Balaban J connectivity index is 1.54. The van der Waals surface area contributed by atoms with Gasteiger partial charge >= 0.3 is 0 Å². The molecule has 1 N–H and O–H groups in total. The number of hydrogen-bond acceptors (Lipinski definition) is 4. The Morgan fingerprint density at radius 2 is 1.79 bits per heavy atom. The summed E-state index contributed by atoms with van der Waals surface area (Å²) in [5.41, 5.74) is 2.71. The van der Waals surface area contributed by atoms with Crippen LogP contribution in [0.25, 0.3) is 0 Å². The molecule has 2 aromatic rings. The largest absolute Gasteiger partial charge is 0.336 e. The van der Waals surface area contributed by atoms with Gasteiger partial charge in [-0.05, 0) is 46.7 Å². The highest BCUT2D eigenvalue weighted by atomic mass is 32.1. The third kappa shape index (κ3) is 4.21. The predicted octanol–water partition coefficient (Wildman–Crippen LogP) is 2.66. The highest BCUT2D eigenvalue weighted by Crippen LogP contribution is 2.15. The molecule has 0 unspecified atom stereocenters. The van der Waals surface area contributed by atoms with Crippen molar-refractivity contribution in [3.05, 3.63) is 52.2 Å². The molecule has 6 heteroatoms. The van der Waals surface area contributed by atoms with Gasteiger partial charge in [-0.2, -0.15) is 11.3 Å². The molecule has 0 atom stereocenters.